The quantitative estimate of drug-likeness (QED) is 0.361. The topological polar surface area (TPSA) is 62.4 Å². The van der Waals surface area contributed by atoms with Gasteiger partial charge in [-0.15, -0.1) is 0 Å². The summed E-state index contributed by atoms with van der Waals surface area (Å²) in [6, 6.07) is 14.1. The predicted octanol–water partition coefficient (Wildman–Crippen LogP) is 4.42. The fourth-order valence-electron chi connectivity index (χ4n) is 2.09. The molecule has 0 aliphatic rings. The third-order valence-corrected chi connectivity index (χ3v) is 4.41. The lowest BCUT2D eigenvalue weighted by Gasteiger charge is -2.27. The van der Waals surface area contributed by atoms with Gasteiger partial charge in [-0.05, 0) is 55.5 Å². The molecule has 0 aliphatic carbocycles. The Labute approximate surface area is 178 Å². The van der Waals surface area contributed by atoms with Crippen LogP contribution in [-0.2, 0) is 0 Å². The van der Waals surface area contributed by atoms with E-state index < -0.39 is 15.9 Å². The number of benzene rings is 2. The summed E-state index contributed by atoms with van der Waals surface area (Å²) in [5, 5.41) is 8.58. The van der Waals surface area contributed by atoms with Crippen molar-refractivity contribution in [1.82, 2.24) is 10.6 Å². The monoisotopic (exact) mass is 445 g/mol. The minimum absolute atomic E-state index is 0.181. The zero-order chi connectivity index (χ0) is 20.0. The van der Waals surface area contributed by atoms with E-state index in [1.165, 1.54) is 0 Å². The van der Waals surface area contributed by atoms with E-state index in [0.717, 1.165) is 5.56 Å². The first-order valence-electron chi connectivity index (χ1n) is 7.85. The predicted molar refractivity (Wildman–Crippen MR) is 115 cm³/mol. The summed E-state index contributed by atoms with van der Waals surface area (Å²) in [7, 11) is 1.58. The Kier molecular flexibility index (Phi) is 7.56. The summed E-state index contributed by atoms with van der Waals surface area (Å²) >= 11 is 23.2. The van der Waals surface area contributed by atoms with Crippen LogP contribution in [0.3, 0.4) is 0 Å². The maximum atomic E-state index is 12.4. The second kappa shape index (κ2) is 9.46. The average Bonchev–Trinajstić information content (AvgIpc) is 2.61. The largest absolute Gasteiger partial charge is 0.497 e. The van der Waals surface area contributed by atoms with Crippen molar-refractivity contribution in [3.63, 3.8) is 0 Å². The van der Waals surface area contributed by atoms with Crippen molar-refractivity contribution in [2.24, 2.45) is 0 Å². The zero-order valence-corrected chi connectivity index (χ0v) is 17.6. The van der Waals surface area contributed by atoms with Crippen molar-refractivity contribution in [3.05, 3.63) is 59.7 Å². The highest BCUT2D eigenvalue weighted by Crippen LogP contribution is 2.29. The van der Waals surface area contributed by atoms with Crippen molar-refractivity contribution in [3.8, 4) is 5.75 Å². The number of nitrogens with one attached hydrogen (secondary N) is 3. The number of anilines is 1. The molecule has 0 heterocycles. The Morgan fingerprint density at radius 3 is 2.15 bits per heavy atom. The van der Waals surface area contributed by atoms with Crippen LogP contribution in [0.15, 0.2) is 48.5 Å². The number of alkyl halides is 3. The van der Waals surface area contributed by atoms with Crippen LogP contribution in [-0.4, -0.2) is 28.1 Å². The summed E-state index contributed by atoms with van der Waals surface area (Å²) in [6.45, 7) is 1.93. The molecule has 0 saturated carbocycles. The van der Waals surface area contributed by atoms with Crippen LogP contribution in [0.4, 0.5) is 5.69 Å². The number of thiocarbonyl (C=S) groups is 1. The number of hydrogen-bond donors (Lipinski definition) is 3. The molecule has 5 nitrogen and oxygen atoms in total. The number of amides is 1. The van der Waals surface area contributed by atoms with Crippen molar-refractivity contribution in [2.45, 2.75) is 16.9 Å². The highest BCUT2D eigenvalue weighted by molar-refractivity contribution is 7.80. The van der Waals surface area contributed by atoms with Gasteiger partial charge in [0.05, 0.1) is 7.11 Å². The van der Waals surface area contributed by atoms with Gasteiger partial charge in [-0.2, -0.15) is 0 Å². The van der Waals surface area contributed by atoms with Gasteiger partial charge >= 0.3 is 0 Å². The Balaban J connectivity index is 2.03. The molecule has 0 saturated heterocycles. The molecule has 2 aromatic rings. The lowest BCUT2D eigenvalue weighted by molar-refractivity contribution is 0.0934. The van der Waals surface area contributed by atoms with Gasteiger partial charge in [0, 0.05) is 11.3 Å². The molecule has 0 aliphatic heterocycles. The average molecular weight is 447 g/mol. The van der Waals surface area contributed by atoms with Crippen LogP contribution in [0.1, 0.15) is 15.9 Å². The number of aryl methyl sites for hydroxylation is 1. The summed E-state index contributed by atoms with van der Waals surface area (Å²) < 4.78 is 3.27. The third kappa shape index (κ3) is 6.74. The van der Waals surface area contributed by atoms with E-state index in [1.54, 1.807) is 43.5 Å². The molecule has 0 unspecified atom stereocenters. The molecule has 1 amide bonds. The first kappa shape index (κ1) is 21.6. The normalized spacial score (nSPS) is 12.0. The van der Waals surface area contributed by atoms with E-state index in [-0.39, 0.29) is 5.11 Å². The fourth-order valence-corrected chi connectivity index (χ4v) is 2.65. The SMILES string of the molecule is COc1ccc(NC(=S)N[C@@H](NC(=O)c2ccc(C)cc2)C(Cl)(Cl)Cl)cc1. The van der Waals surface area contributed by atoms with Gasteiger partial charge in [-0.1, -0.05) is 52.5 Å². The second-order valence-electron chi connectivity index (χ2n) is 5.64. The number of halogens is 3. The minimum Gasteiger partial charge on any atom is -0.497 e. The van der Waals surface area contributed by atoms with E-state index in [2.05, 4.69) is 16.0 Å². The maximum Gasteiger partial charge on any atom is 0.252 e. The Morgan fingerprint density at radius 1 is 1.04 bits per heavy atom. The third-order valence-electron chi connectivity index (χ3n) is 3.54. The molecule has 2 aromatic carbocycles. The first-order chi connectivity index (χ1) is 12.7. The molecule has 0 spiro atoms. The second-order valence-corrected chi connectivity index (χ2v) is 8.42. The van der Waals surface area contributed by atoms with E-state index >= 15 is 0 Å². The molecule has 0 bridgehead atoms. The van der Waals surface area contributed by atoms with Crippen LogP contribution < -0.4 is 20.7 Å². The molecule has 9 heteroatoms. The fraction of sp³-hybridized carbons (Fsp3) is 0.222. The van der Waals surface area contributed by atoms with Crippen molar-refractivity contribution >= 4 is 63.7 Å². The number of carbonyl (C=O) groups excluding carboxylic acids is 1. The van der Waals surface area contributed by atoms with Crippen molar-refractivity contribution < 1.29 is 9.53 Å². The van der Waals surface area contributed by atoms with E-state index in [4.69, 9.17) is 51.8 Å². The molecule has 144 valence electrons. The standard InChI is InChI=1S/C18H18Cl3N3O2S/c1-11-3-5-12(6-4-11)15(25)23-16(18(19,20)21)24-17(27)22-13-7-9-14(26-2)10-8-13/h3-10,16H,1-2H3,(H,23,25)(H2,22,24,27)/t16-/m1/s1. The Hall–Kier alpha value is -1.73. The summed E-state index contributed by atoms with van der Waals surface area (Å²) in [5.41, 5.74) is 2.18. The van der Waals surface area contributed by atoms with Crippen LogP contribution in [0.25, 0.3) is 0 Å². The minimum atomic E-state index is -1.83. The van der Waals surface area contributed by atoms with Crippen LogP contribution in [0.5, 0.6) is 5.75 Å². The van der Waals surface area contributed by atoms with Gasteiger partial charge < -0.3 is 20.7 Å². The Morgan fingerprint density at radius 2 is 1.63 bits per heavy atom. The molecular weight excluding hydrogens is 429 g/mol. The number of carbonyl (C=O) groups is 1. The van der Waals surface area contributed by atoms with Gasteiger partial charge in [-0.3, -0.25) is 4.79 Å². The molecular formula is C18H18Cl3N3O2S. The number of rotatable bonds is 5. The highest BCUT2D eigenvalue weighted by atomic mass is 35.6. The van der Waals surface area contributed by atoms with Crippen LogP contribution in [0, 0.1) is 6.92 Å². The molecule has 1 atom stereocenters. The first-order valence-corrected chi connectivity index (χ1v) is 9.39. The molecule has 27 heavy (non-hydrogen) atoms. The van der Waals surface area contributed by atoms with Gasteiger partial charge in [0.15, 0.2) is 5.11 Å². The van der Waals surface area contributed by atoms with E-state index in [1.807, 2.05) is 19.1 Å². The number of methoxy groups -OCH3 is 1. The smallest absolute Gasteiger partial charge is 0.252 e. The number of ether oxygens (including phenoxy) is 1. The maximum absolute atomic E-state index is 12.4. The van der Waals surface area contributed by atoms with Gasteiger partial charge in [-0.25, -0.2) is 0 Å². The van der Waals surface area contributed by atoms with Gasteiger partial charge in [0.25, 0.3) is 5.91 Å². The van der Waals surface area contributed by atoms with Gasteiger partial charge in [0.1, 0.15) is 11.9 Å². The van der Waals surface area contributed by atoms with Crippen LogP contribution in [0.2, 0.25) is 0 Å². The number of hydrogen-bond acceptors (Lipinski definition) is 3. The van der Waals surface area contributed by atoms with E-state index in [9.17, 15) is 4.79 Å². The summed E-state index contributed by atoms with van der Waals surface area (Å²) in [5.74, 6) is 0.315. The van der Waals surface area contributed by atoms with Crippen molar-refractivity contribution in [1.29, 1.82) is 0 Å². The molecule has 0 aromatic heterocycles. The Bertz CT molecular complexity index is 793. The zero-order valence-electron chi connectivity index (χ0n) is 14.6. The summed E-state index contributed by atoms with van der Waals surface area (Å²) in [4.78, 5) is 12.4. The summed E-state index contributed by atoms with van der Waals surface area (Å²) in [6.07, 6.45) is -1.05. The van der Waals surface area contributed by atoms with Crippen LogP contribution >= 0.6 is 47.0 Å². The lowest BCUT2D eigenvalue weighted by atomic mass is 10.1. The molecule has 0 radical (unpaired) electrons. The van der Waals surface area contributed by atoms with E-state index in [0.29, 0.717) is 17.0 Å². The highest BCUT2D eigenvalue weighted by Gasteiger charge is 2.34. The molecule has 3 N–H and O–H groups in total. The molecule has 0 fully saturated rings. The lowest BCUT2D eigenvalue weighted by Crippen LogP contribution is -2.56. The van der Waals surface area contributed by atoms with Crippen molar-refractivity contribution in [2.75, 3.05) is 12.4 Å². The molecule has 2 rings (SSSR count). The van der Waals surface area contributed by atoms with Gasteiger partial charge in [0.2, 0.25) is 3.79 Å².